The molecule has 5 nitrogen and oxygen atoms in total. The Kier molecular flexibility index (Phi) is 4.27. The molecule has 0 radical (unpaired) electrons. The van der Waals surface area contributed by atoms with Crippen molar-refractivity contribution in [3.63, 3.8) is 0 Å². The SMILES string of the molecule is CC1CCN(c2c(Cl)cccc2[N+](=O)[O-])CC1CN. The highest BCUT2D eigenvalue weighted by Gasteiger charge is 2.30. The van der Waals surface area contributed by atoms with Crippen LogP contribution in [0.1, 0.15) is 13.3 Å². The number of nitrogens with zero attached hydrogens (tertiary/aromatic N) is 2. The standard InChI is InChI=1S/C13H18ClN3O2/c1-9-5-6-16(8-10(9)7-15)13-11(14)3-2-4-12(13)17(18)19/h2-4,9-10H,5-8,15H2,1H3. The van der Waals surface area contributed by atoms with E-state index >= 15 is 0 Å². The van der Waals surface area contributed by atoms with Crippen LogP contribution in [0.5, 0.6) is 0 Å². The molecule has 1 aliphatic rings. The van der Waals surface area contributed by atoms with Gasteiger partial charge in [-0.3, -0.25) is 10.1 Å². The van der Waals surface area contributed by atoms with Crippen LogP contribution in [0.3, 0.4) is 0 Å². The van der Waals surface area contributed by atoms with Crippen LogP contribution in [-0.2, 0) is 0 Å². The average molecular weight is 284 g/mol. The monoisotopic (exact) mass is 283 g/mol. The normalized spacial score (nSPS) is 23.4. The molecular weight excluding hydrogens is 266 g/mol. The summed E-state index contributed by atoms with van der Waals surface area (Å²) in [5, 5.41) is 11.6. The van der Waals surface area contributed by atoms with Gasteiger partial charge in [0, 0.05) is 19.2 Å². The van der Waals surface area contributed by atoms with Gasteiger partial charge < -0.3 is 10.6 Å². The molecule has 1 aromatic carbocycles. The van der Waals surface area contributed by atoms with Gasteiger partial charge in [0.1, 0.15) is 5.69 Å². The Bertz CT molecular complexity index is 481. The van der Waals surface area contributed by atoms with Crippen LogP contribution in [0.2, 0.25) is 5.02 Å². The fourth-order valence-corrected chi connectivity index (χ4v) is 2.91. The first-order chi connectivity index (χ1) is 9.04. The minimum absolute atomic E-state index is 0.0674. The molecule has 2 N–H and O–H groups in total. The largest absolute Gasteiger partial charge is 0.364 e. The minimum Gasteiger partial charge on any atom is -0.364 e. The molecule has 2 rings (SSSR count). The number of rotatable bonds is 3. The molecule has 2 unspecified atom stereocenters. The Balaban J connectivity index is 2.34. The number of para-hydroxylation sites is 1. The second-order valence-electron chi connectivity index (χ2n) is 5.07. The third kappa shape index (κ3) is 2.82. The lowest BCUT2D eigenvalue weighted by atomic mass is 9.87. The van der Waals surface area contributed by atoms with E-state index in [1.165, 1.54) is 6.07 Å². The van der Waals surface area contributed by atoms with Gasteiger partial charge in [0.2, 0.25) is 0 Å². The molecule has 0 aromatic heterocycles. The van der Waals surface area contributed by atoms with E-state index in [1.54, 1.807) is 12.1 Å². The number of halogens is 1. The van der Waals surface area contributed by atoms with Gasteiger partial charge in [0.25, 0.3) is 5.69 Å². The zero-order chi connectivity index (χ0) is 14.0. The van der Waals surface area contributed by atoms with E-state index in [-0.39, 0.29) is 10.6 Å². The van der Waals surface area contributed by atoms with Crippen LogP contribution in [0.4, 0.5) is 11.4 Å². The highest BCUT2D eigenvalue weighted by molar-refractivity contribution is 6.33. The molecule has 1 saturated heterocycles. The Morgan fingerprint density at radius 2 is 2.32 bits per heavy atom. The molecule has 104 valence electrons. The first-order valence-electron chi connectivity index (χ1n) is 6.42. The maximum Gasteiger partial charge on any atom is 0.294 e. The van der Waals surface area contributed by atoms with Crippen LogP contribution in [-0.4, -0.2) is 24.6 Å². The van der Waals surface area contributed by atoms with E-state index in [0.717, 1.165) is 19.5 Å². The van der Waals surface area contributed by atoms with Crippen LogP contribution < -0.4 is 10.6 Å². The second-order valence-corrected chi connectivity index (χ2v) is 5.48. The molecule has 19 heavy (non-hydrogen) atoms. The van der Waals surface area contributed by atoms with Crippen LogP contribution in [0.25, 0.3) is 0 Å². The summed E-state index contributed by atoms with van der Waals surface area (Å²) in [6.45, 7) is 4.27. The Hall–Kier alpha value is -1.33. The average Bonchev–Trinajstić information content (AvgIpc) is 2.39. The molecule has 1 heterocycles. The van der Waals surface area contributed by atoms with Gasteiger partial charge in [-0.15, -0.1) is 0 Å². The van der Waals surface area contributed by atoms with E-state index in [1.807, 2.05) is 4.90 Å². The van der Waals surface area contributed by atoms with Crippen LogP contribution in [0.15, 0.2) is 18.2 Å². The lowest BCUT2D eigenvalue weighted by Crippen LogP contribution is -2.43. The third-order valence-electron chi connectivity index (χ3n) is 3.90. The molecule has 1 aliphatic heterocycles. The van der Waals surface area contributed by atoms with Crippen molar-refractivity contribution in [3.8, 4) is 0 Å². The van der Waals surface area contributed by atoms with Crippen molar-refractivity contribution in [2.24, 2.45) is 17.6 Å². The highest BCUT2D eigenvalue weighted by atomic mass is 35.5. The van der Waals surface area contributed by atoms with E-state index in [2.05, 4.69) is 6.92 Å². The van der Waals surface area contributed by atoms with Crippen molar-refractivity contribution in [2.75, 3.05) is 24.5 Å². The number of anilines is 1. The van der Waals surface area contributed by atoms with Gasteiger partial charge in [-0.2, -0.15) is 0 Å². The maximum absolute atomic E-state index is 11.1. The van der Waals surface area contributed by atoms with E-state index in [9.17, 15) is 10.1 Å². The zero-order valence-electron chi connectivity index (χ0n) is 10.9. The Labute approximate surface area is 117 Å². The third-order valence-corrected chi connectivity index (χ3v) is 4.20. The molecule has 0 bridgehead atoms. The summed E-state index contributed by atoms with van der Waals surface area (Å²) >= 11 is 6.16. The molecule has 0 amide bonds. The molecule has 0 saturated carbocycles. The van der Waals surface area contributed by atoms with Crippen molar-refractivity contribution >= 4 is 23.0 Å². The van der Waals surface area contributed by atoms with Crippen molar-refractivity contribution in [2.45, 2.75) is 13.3 Å². The second kappa shape index (κ2) is 5.75. The first kappa shape index (κ1) is 14.1. The molecule has 1 aromatic rings. The number of nitro groups is 1. The first-order valence-corrected chi connectivity index (χ1v) is 6.80. The number of hydrogen-bond donors (Lipinski definition) is 1. The van der Waals surface area contributed by atoms with Gasteiger partial charge in [-0.05, 0) is 30.9 Å². The number of benzene rings is 1. The van der Waals surface area contributed by atoms with Crippen molar-refractivity contribution in [3.05, 3.63) is 33.3 Å². The van der Waals surface area contributed by atoms with E-state index in [0.29, 0.717) is 29.1 Å². The van der Waals surface area contributed by atoms with Gasteiger partial charge in [0.15, 0.2) is 0 Å². The fraction of sp³-hybridized carbons (Fsp3) is 0.538. The molecule has 0 aliphatic carbocycles. The molecule has 6 heteroatoms. The lowest BCUT2D eigenvalue weighted by Gasteiger charge is -2.37. The van der Waals surface area contributed by atoms with Gasteiger partial charge >= 0.3 is 0 Å². The predicted molar refractivity (Wildman–Crippen MR) is 76.6 cm³/mol. The van der Waals surface area contributed by atoms with Gasteiger partial charge in [-0.25, -0.2) is 0 Å². The summed E-state index contributed by atoms with van der Waals surface area (Å²) < 4.78 is 0. The quantitative estimate of drug-likeness (QED) is 0.684. The van der Waals surface area contributed by atoms with E-state index < -0.39 is 0 Å². The number of hydrogen-bond acceptors (Lipinski definition) is 4. The summed E-state index contributed by atoms with van der Waals surface area (Å²) in [6, 6.07) is 4.80. The Morgan fingerprint density at radius 3 is 2.95 bits per heavy atom. The summed E-state index contributed by atoms with van der Waals surface area (Å²) in [7, 11) is 0. The molecular formula is C13H18ClN3O2. The predicted octanol–water partition coefficient (Wildman–Crippen LogP) is 2.67. The molecule has 1 fully saturated rings. The summed E-state index contributed by atoms with van der Waals surface area (Å²) in [5.41, 5.74) is 6.37. The zero-order valence-corrected chi connectivity index (χ0v) is 11.6. The topological polar surface area (TPSA) is 72.4 Å². The van der Waals surface area contributed by atoms with E-state index in [4.69, 9.17) is 17.3 Å². The maximum atomic E-state index is 11.1. The van der Waals surface area contributed by atoms with Crippen molar-refractivity contribution < 1.29 is 4.92 Å². The Morgan fingerprint density at radius 1 is 1.58 bits per heavy atom. The van der Waals surface area contributed by atoms with Crippen LogP contribution >= 0.6 is 11.6 Å². The molecule has 0 spiro atoms. The summed E-state index contributed by atoms with van der Waals surface area (Å²) in [6.07, 6.45) is 0.976. The highest BCUT2D eigenvalue weighted by Crippen LogP contribution is 2.38. The minimum atomic E-state index is -0.378. The molecule has 2 atom stereocenters. The van der Waals surface area contributed by atoms with Gasteiger partial charge in [-0.1, -0.05) is 24.6 Å². The number of nitro benzene ring substituents is 1. The lowest BCUT2D eigenvalue weighted by molar-refractivity contribution is -0.384. The fourth-order valence-electron chi connectivity index (χ4n) is 2.62. The number of piperidine rings is 1. The smallest absolute Gasteiger partial charge is 0.294 e. The number of nitrogens with two attached hydrogens (primary N) is 1. The van der Waals surface area contributed by atoms with Crippen LogP contribution in [0, 0.1) is 22.0 Å². The summed E-state index contributed by atoms with van der Waals surface area (Å²) in [5.74, 6) is 0.896. The van der Waals surface area contributed by atoms with Crippen molar-refractivity contribution in [1.82, 2.24) is 0 Å². The van der Waals surface area contributed by atoms with Gasteiger partial charge in [0.05, 0.1) is 9.95 Å². The van der Waals surface area contributed by atoms with Crippen molar-refractivity contribution in [1.29, 1.82) is 0 Å². The summed E-state index contributed by atoms with van der Waals surface area (Å²) in [4.78, 5) is 12.7.